The van der Waals surface area contributed by atoms with Crippen molar-refractivity contribution >= 4 is 33.8 Å². The Morgan fingerprint density at radius 2 is 1.75 bits per heavy atom. The van der Waals surface area contributed by atoms with Gasteiger partial charge in [0.15, 0.2) is 11.3 Å². The molecule has 0 aliphatic rings. The van der Waals surface area contributed by atoms with Gasteiger partial charge in [-0.2, -0.15) is 0 Å². The molecular weight excluding hydrogens is 429 g/mol. The van der Waals surface area contributed by atoms with Gasteiger partial charge < -0.3 is 13.6 Å². The van der Waals surface area contributed by atoms with Gasteiger partial charge in [0.2, 0.25) is 11.2 Å². The van der Waals surface area contributed by atoms with E-state index in [1.165, 1.54) is 23.9 Å². The third-order valence-electron chi connectivity index (χ3n) is 4.88. The van der Waals surface area contributed by atoms with Crippen LogP contribution in [0.2, 0.25) is 0 Å². The fourth-order valence-electron chi connectivity index (χ4n) is 3.38. The molecule has 0 atom stereocenters. The van der Waals surface area contributed by atoms with Gasteiger partial charge in [-0.1, -0.05) is 48.2 Å². The van der Waals surface area contributed by atoms with Gasteiger partial charge in [-0.25, -0.2) is 9.37 Å². The number of rotatable bonds is 7. The largest absolute Gasteiger partial charge is 0.486 e. The average Bonchev–Trinajstić information content (AvgIpc) is 3.23. The number of benzene rings is 3. The van der Waals surface area contributed by atoms with Crippen molar-refractivity contribution in [2.24, 2.45) is 0 Å². The third-order valence-corrected chi connectivity index (χ3v) is 5.79. The van der Waals surface area contributed by atoms with E-state index in [-0.39, 0.29) is 16.9 Å². The number of nitrogens with zero attached hydrogens (tertiary/aromatic N) is 1. The number of para-hydroxylation sites is 3. The Morgan fingerprint density at radius 3 is 2.59 bits per heavy atom. The van der Waals surface area contributed by atoms with E-state index >= 15 is 0 Å². The van der Waals surface area contributed by atoms with Crippen LogP contribution in [0.5, 0.6) is 5.75 Å². The number of hydrogen-bond acceptors (Lipinski definition) is 6. The highest BCUT2D eigenvalue weighted by Gasteiger charge is 2.18. The molecule has 0 saturated carbocycles. The summed E-state index contributed by atoms with van der Waals surface area (Å²) in [5.41, 5.74) is 2.16. The van der Waals surface area contributed by atoms with Gasteiger partial charge in [0.05, 0.1) is 12.0 Å². The van der Waals surface area contributed by atoms with Crippen LogP contribution in [0.3, 0.4) is 0 Å². The van der Waals surface area contributed by atoms with Crippen molar-refractivity contribution in [1.82, 2.24) is 4.98 Å². The summed E-state index contributed by atoms with van der Waals surface area (Å²) < 4.78 is 31.3. The van der Waals surface area contributed by atoms with E-state index in [1.807, 2.05) is 24.3 Å². The summed E-state index contributed by atoms with van der Waals surface area (Å²) in [6.45, 7) is 0.290. The number of thioether (sulfide) groups is 1. The van der Waals surface area contributed by atoms with Gasteiger partial charge in [-0.3, -0.25) is 4.79 Å². The molecule has 0 unspecified atom stereocenters. The minimum atomic E-state index is -0.418. The van der Waals surface area contributed by atoms with Gasteiger partial charge in [0.1, 0.15) is 16.9 Å². The van der Waals surface area contributed by atoms with E-state index in [4.69, 9.17) is 13.6 Å². The standard InChI is InChI=1S/C25H18FNO4S/c26-17-8-5-7-16(15-17)23-24(22(28)18-9-1-3-11-20(18)30-23)29-13-6-14-32-25-27-19-10-2-4-12-21(19)31-25/h1-5,7-12,15H,6,13-14H2. The molecule has 160 valence electrons. The normalized spacial score (nSPS) is 11.3. The maximum atomic E-state index is 13.8. The summed E-state index contributed by atoms with van der Waals surface area (Å²) >= 11 is 1.48. The summed E-state index contributed by atoms with van der Waals surface area (Å²) in [5.74, 6) is 0.584. The molecule has 0 bridgehead atoms. The van der Waals surface area contributed by atoms with Gasteiger partial charge >= 0.3 is 0 Å². The molecular formula is C25H18FNO4S. The first-order valence-electron chi connectivity index (χ1n) is 10.1. The average molecular weight is 447 g/mol. The van der Waals surface area contributed by atoms with E-state index in [1.54, 1.807) is 36.4 Å². The summed E-state index contributed by atoms with van der Waals surface area (Å²) in [6, 6.07) is 20.5. The summed E-state index contributed by atoms with van der Waals surface area (Å²) in [6.07, 6.45) is 0.651. The fraction of sp³-hybridized carbons (Fsp3) is 0.120. The Labute approximate surface area is 186 Å². The van der Waals surface area contributed by atoms with Gasteiger partial charge in [-0.05, 0) is 42.8 Å². The van der Waals surface area contributed by atoms with Crippen molar-refractivity contribution in [3.05, 3.63) is 88.8 Å². The Bertz CT molecular complexity index is 1430. The van der Waals surface area contributed by atoms with Crippen LogP contribution >= 0.6 is 11.8 Å². The number of halogens is 1. The van der Waals surface area contributed by atoms with E-state index in [9.17, 15) is 9.18 Å². The van der Waals surface area contributed by atoms with Crippen LogP contribution in [0.4, 0.5) is 4.39 Å². The van der Waals surface area contributed by atoms with Gasteiger partial charge in [-0.15, -0.1) is 0 Å². The second kappa shape index (κ2) is 8.88. The maximum Gasteiger partial charge on any atom is 0.256 e. The molecule has 0 radical (unpaired) electrons. The summed E-state index contributed by atoms with van der Waals surface area (Å²) in [4.78, 5) is 17.5. The van der Waals surface area contributed by atoms with E-state index < -0.39 is 5.82 Å². The molecule has 2 aromatic heterocycles. The van der Waals surface area contributed by atoms with Crippen LogP contribution in [0.1, 0.15) is 6.42 Å². The highest BCUT2D eigenvalue weighted by atomic mass is 32.2. The van der Waals surface area contributed by atoms with Crippen molar-refractivity contribution < 1.29 is 18.0 Å². The van der Waals surface area contributed by atoms with Gasteiger partial charge in [0, 0.05) is 11.3 Å². The van der Waals surface area contributed by atoms with Crippen molar-refractivity contribution in [1.29, 1.82) is 0 Å². The van der Waals surface area contributed by atoms with Crippen LogP contribution in [-0.4, -0.2) is 17.3 Å². The van der Waals surface area contributed by atoms with E-state index in [0.29, 0.717) is 40.5 Å². The Hall–Kier alpha value is -3.58. The molecule has 5 aromatic rings. The van der Waals surface area contributed by atoms with Gasteiger partial charge in [0.25, 0.3) is 5.22 Å². The highest BCUT2D eigenvalue weighted by Crippen LogP contribution is 2.31. The summed E-state index contributed by atoms with van der Waals surface area (Å²) in [7, 11) is 0. The number of aromatic nitrogens is 1. The molecule has 5 rings (SSSR count). The molecule has 0 fully saturated rings. The topological polar surface area (TPSA) is 65.5 Å². The van der Waals surface area contributed by atoms with Crippen molar-refractivity contribution in [2.75, 3.05) is 12.4 Å². The monoisotopic (exact) mass is 447 g/mol. The zero-order valence-electron chi connectivity index (χ0n) is 16.9. The van der Waals surface area contributed by atoms with Crippen molar-refractivity contribution in [3.8, 4) is 17.1 Å². The molecule has 32 heavy (non-hydrogen) atoms. The molecule has 7 heteroatoms. The number of oxazole rings is 1. The quantitative estimate of drug-likeness (QED) is 0.215. The van der Waals surface area contributed by atoms with E-state index in [2.05, 4.69) is 4.98 Å². The first-order valence-corrected chi connectivity index (χ1v) is 11.1. The van der Waals surface area contributed by atoms with Crippen LogP contribution < -0.4 is 10.2 Å². The lowest BCUT2D eigenvalue weighted by atomic mass is 10.1. The van der Waals surface area contributed by atoms with Crippen LogP contribution in [-0.2, 0) is 0 Å². The summed E-state index contributed by atoms with van der Waals surface area (Å²) in [5, 5.41) is 1.01. The third kappa shape index (κ3) is 4.11. The van der Waals surface area contributed by atoms with E-state index in [0.717, 1.165) is 11.1 Å². The minimum absolute atomic E-state index is 0.0844. The lowest BCUT2D eigenvalue weighted by molar-refractivity contribution is 0.310. The smallest absolute Gasteiger partial charge is 0.256 e. The molecule has 0 amide bonds. The SMILES string of the molecule is O=c1c(OCCCSc2nc3ccccc3o2)c(-c2cccc(F)c2)oc2ccccc12. The predicted octanol–water partition coefficient (Wildman–Crippen LogP) is 6.30. The first-order chi connectivity index (χ1) is 15.7. The molecule has 3 aromatic carbocycles. The molecule has 2 heterocycles. The predicted molar refractivity (Wildman–Crippen MR) is 123 cm³/mol. The first kappa shape index (κ1) is 20.3. The lowest BCUT2D eigenvalue weighted by Crippen LogP contribution is -2.11. The Balaban J connectivity index is 1.34. The van der Waals surface area contributed by atoms with Crippen LogP contribution in [0.15, 0.2) is 91.6 Å². The van der Waals surface area contributed by atoms with Crippen molar-refractivity contribution in [2.45, 2.75) is 11.6 Å². The number of fused-ring (bicyclic) bond motifs is 2. The maximum absolute atomic E-state index is 13.8. The van der Waals surface area contributed by atoms with Crippen LogP contribution in [0, 0.1) is 5.82 Å². The zero-order chi connectivity index (χ0) is 21.9. The Morgan fingerprint density at radius 1 is 0.938 bits per heavy atom. The lowest BCUT2D eigenvalue weighted by Gasteiger charge is -2.11. The van der Waals surface area contributed by atoms with Crippen LogP contribution in [0.25, 0.3) is 33.4 Å². The zero-order valence-corrected chi connectivity index (χ0v) is 17.7. The number of hydrogen-bond donors (Lipinski definition) is 0. The minimum Gasteiger partial charge on any atom is -0.486 e. The molecule has 0 N–H and O–H groups in total. The second-order valence-electron chi connectivity index (χ2n) is 7.09. The number of ether oxygens (including phenoxy) is 1. The molecule has 0 saturated heterocycles. The highest BCUT2D eigenvalue weighted by molar-refractivity contribution is 7.99. The molecule has 5 nitrogen and oxygen atoms in total. The second-order valence-corrected chi connectivity index (χ2v) is 8.14. The molecule has 0 aliphatic carbocycles. The Kier molecular flexibility index (Phi) is 5.64. The fourth-order valence-corrected chi connectivity index (χ4v) is 4.13. The molecule has 0 aliphatic heterocycles. The van der Waals surface area contributed by atoms with Crippen molar-refractivity contribution in [3.63, 3.8) is 0 Å². The molecule has 0 spiro atoms.